The van der Waals surface area contributed by atoms with Gasteiger partial charge in [0, 0.05) is 36.7 Å². The zero-order chi connectivity index (χ0) is 26.8. The van der Waals surface area contributed by atoms with Crippen molar-refractivity contribution in [3.63, 3.8) is 0 Å². The summed E-state index contributed by atoms with van der Waals surface area (Å²) in [6.45, 7) is 4.59. The molecule has 0 spiro atoms. The van der Waals surface area contributed by atoms with E-state index in [0.717, 1.165) is 33.8 Å². The maximum atomic E-state index is 13.3. The van der Waals surface area contributed by atoms with E-state index in [1.807, 2.05) is 60.8 Å². The van der Waals surface area contributed by atoms with Crippen LogP contribution >= 0.6 is 0 Å². The number of nitrogens with one attached hydrogen (secondary N) is 1. The Morgan fingerprint density at radius 2 is 1.89 bits per heavy atom. The number of benzene rings is 2. The summed E-state index contributed by atoms with van der Waals surface area (Å²) in [6, 6.07) is 16.6. The first kappa shape index (κ1) is 25.4. The molecule has 0 radical (unpaired) electrons. The number of aromatic nitrogens is 2. The predicted molar refractivity (Wildman–Crippen MR) is 140 cm³/mol. The lowest BCUT2D eigenvalue weighted by Crippen LogP contribution is -2.41. The molecule has 3 heterocycles. The van der Waals surface area contributed by atoms with E-state index in [-0.39, 0.29) is 17.9 Å². The highest BCUT2D eigenvalue weighted by Crippen LogP contribution is 2.45. The van der Waals surface area contributed by atoms with Crippen LogP contribution in [0, 0.1) is 24.0 Å². The molecule has 10 heteroatoms. The molecule has 38 heavy (non-hydrogen) atoms. The van der Waals surface area contributed by atoms with Gasteiger partial charge < -0.3 is 23.9 Å². The number of fused-ring (bicyclic) bond motifs is 3. The van der Waals surface area contributed by atoms with Crippen LogP contribution in [0.4, 0.5) is 11.4 Å². The smallest absolute Gasteiger partial charge is 0.338 e. The first-order valence-electron chi connectivity index (χ1n) is 12.2. The van der Waals surface area contributed by atoms with Crippen molar-refractivity contribution in [1.82, 2.24) is 9.38 Å². The van der Waals surface area contributed by atoms with Crippen LogP contribution in [0.5, 0.6) is 0 Å². The van der Waals surface area contributed by atoms with Crippen molar-refractivity contribution in [2.75, 3.05) is 25.6 Å². The van der Waals surface area contributed by atoms with Crippen molar-refractivity contribution in [3.8, 4) is 0 Å². The molecule has 3 atom stereocenters. The number of anilines is 1. The van der Waals surface area contributed by atoms with Crippen molar-refractivity contribution in [1.29, 1.82) is 0 Å². The lowest BCUT2D eigenvalue weighted by Gasteiger charge is -2.40. The van der Waals surface area contributed by atoms with Gasteiger partial charge in [-0.25, -0.2) is 9.78 Å². The van der Waals surface area contributed by atoms with E-state index in [4.69, 9.17) is 19.2 Å². The third-order valence-electron chi connectivity index (χ3n) is 6.81. The highest BCUT2D eigenvalue weighted by atomic mass is 16.6. The molecule has 0 amide bonds. The minimum Gasteiger partial charge on any atom is -0.453 e. The van der Waals surface area contributed by atoms with Crippen LogP contribution in [-0.2, 0) is 14.2 Å². The quantitative estimate of drug-likeness (QED) is 0.151. The minimum atomic E-state index is -0.798. The molecule has 1 aliphatic rings. The predicted octanol–water partition coefficient (Wildman–Crippen LogP) is 4.96. The molecule has 0 saturated heterocycles. The first-order valence-corrected chi connectivity index (χ1v) is 12.2. The number of aryl methyl sites for hydroxylation is 2. The Bertz CT molecular complexity index is 1490. The topological polar surface area (TPSA) is 117 Å². The molecule has 1 N–H and O–H groups in total. The number of hydrogen-bond donors (Lipinski definition) is 1. The van der Waals surface area contributed by atoms with Crippen molar-refractivity contribution in [2.24, 2.45) is 0 Å². The van der Waals surface area contributed by atoms with Gasteiger partial charge in [-0.05, 0) is 31.5 Å². The number of imidazole rings is 1. The number of nitro benzene ring substituents is 1. The molecule has 0 unspecified atom stereocenters. The fraction of sp³-hybridized carbons (Fsp3) is 0.286. The minimum absolute atomic E-state index is 0.0856. The SMILES string of the molecule is COCCO[C@@H]1c2ccn3c(C)c(C)nc3c2N[C@H](c2ccccc2)[C@H]1OC(=O)c1cccc([N+](=O)[O-])c1. The van der Waals surface area contributed by atoms with E-state index >= 15 is 0 Å². The van der Waals surface area contributed by atoms with E-state index in [0.29, 0.717) is 6.61 Å². The van der Waals surface area contributed by atoms with Crippen LogP contribution in [0.25, 0.3) is 5.65 Å². The van der Waals surface area contributed by atoms with Gasteiger partial charge in [-0.1, -0.05) is 36.4 Å². The summed E-state index contributed by atoms with van der Waals surface area (Å²) in [5.74, 6) is -0.682. The van der Waals surface area contributed by atoms with E-state index in [1.54, 1.807) is 7.11 Å². The maximum Gasteiger partial charge on any atom is 0.338 e. The summed E-state index contributed by atoms with van der Waals surface area (Å²) in [4.78, 5) is 28.9. The summed E-state index contributed by atoms with van der Waals surface area (Å²) in [5, 5.41) is 14.8. The van der Waals surface area contributed by atoms with Crippen molar-refractivity contribution in [2.45, 2.75) is 32.1 Å². The number of ether oxygens (including phenoxy) is 3. The van der Waals surface area contributed by atoms with Crippen LogP contribution in [0.1, 0.15) is 45.0 Å². The number of pyridine rings is 1. The van der Waals surface area contributed by atoms with Gasteiger partial charge in [0.15, 0.2) is 11.8 Å². The summed E-state index contributed by atoms with van der Waals surface area (Å²) in [7, 11) is 1.59. The standard InChI is InChI=1S/C28H28N4O6/c1-17-18(2)31-13-12-22-24(27(31)29-17)30-23(19-8-5-4-6-9-19)26(25(22)37-15-14-36-3)38-28(33)20-10-7-11-21(16-20)32(34)35/h4-13,16,23,25-26,30H,14-15H2,1-3H3/t23-,25-,26-/m1/s1. The Balaban J connectivity index is 1.61. The van der Waals surface area contributed by atoms with Gasteiger partial charge in [0.1, 0.15) is 6.10 Å². The Hall–Kier alpha value is -4.28. The maximum absolute atomic E-state index is 13.3. The summed E-state index contributed by atoms with van der Waals surface area (Å²) < 4.78 is 19.6. The molecule has 0 saturated carbocycles. The first-order chi connectivity index (χ1) is 18.4. The van der Waals surface area contributed by atoms with Gasteiger partial charge in [0.25, 0.3) is 5.69 Å². The number of carbonyl (C=O) groups is 1. The molecular formula is C28H28N4O6. The largest absolute Gasteiger partial charge is 0.453 e. The monoisotopic (exact) mass is 516 g/mol. The van der Waals surface area contributed by atoms with E-state index in [2.05, 4.69) is 5.32 Å². The van der Waals surface area contributed by atoms with Crippen LogP contribution in [0.3, 0.4) is 0 Å². The third kappa shape index (κ3) is 4.71. The van der Waals surface area contributed by atoms with Gasteiger partial charge in [0.2, 0.25) is 0 Å². The molecule has 5 rings (SSSR count). The van der Waals surface area contributed by atoms with Crippen LogP contribution in [0.2, 0.25) is 0 Å². The van der Waals surface area contributed by atoms with Gasteiger partial charge in [-0.15, -0.1) is 0 Å². The molecular weight excluding hydrogens is 488 g/mol. The Morgan fingerprint density at radius 3 is 2.63 bits per heavy atom. The fourth-order valence-corrected chi connectivity index (χ4v) is 4.77. The highest BCUT2D eigenvalue weighted by molar-refractivity contribution is 5.90. The zero-order valence-corrected chi connectivity index (χ0v) is 21.3. The second kappa shape index (κ2) is 10.6. The number of hydrogen-bond acceptors (Lipinski definition) is 8. The molecule has 1 aliphatic heterocycles. The van der Waals surface area contributed by atoms with Crippen molar-refractivity contribution in [3.05, 3.63) is 105 Å². The fourth-order valence-electron chi connectivity index (χ4n) is 4.77. The number of esters is 1. The van der Waals surface area contributed by atoms with Crippen LogP contribution in [-0.4, -0.2) is 46.7 Å². The molecule has 0 fully saturated rings. The lowest BCUT2D eigenvalue weighted by molar-refractivity contribution is -0.384. The zero-order valence-electron chi connectivity index (χ0n) is 21.3. The number of non-ortho nitro benzene ring substituents is 1. The normalized spacial score (nSPS) is 18.6. The third-order valence-corrected chi connectivity index (χ3v) is 6.81. The lowest BCUT2D eigenvalue weighted by atomic mass is 9.88. The van der Waals surface area contributed by atoms with Gasteiger partial charge in [-0.3, -0.25) is 10.1 Å². The molecule has 10 nitrogen and oxygen atoms in total. The Morgan fingerprint density at radius 1 is 1.11 bits per heavy atom. The van der Waals surface area contributed by atoms with Crippen molar-refractivity contribution >= 4 is 23.0 Å². The van der Waals surface area contributed by atoms with Gasteiger partial charge in [-0.2, -0.15) is 0 Å². The Kier molecular flexibility index (Phi) is 7.08. The highest BCUT2D eigenvalue weighted by Gasteiger charge is 2.42. The van der Waals surface area contributed by atoms with Crippen molar-refractivity contribution < 1.29 is 23.9 Å². The van der Waals surface area contributed by atoms with Gasteiger partial charge >= 0.3 is 5.97 Å². The number of methoxy groups -OCH3 is 1. The molecule has 2 aromatic heterocycles. The molecule has 0 bridgehead atoms. The molecule has 196 valence electrons. The molecule has 4 aromatic rings. The van der Waals surface area contributed by atoms with Crippen LogP contribution in [0.15, 0.2) is 66.9 Å². The summed E-state index contributed by atoms with van der Waals surface area (Å²) in [6.07, 6.45) is 0.477. The Labute approximate surface area is 219 Å². The summed E-state index contributed by atoms with van der Waals surface area (Å²) >= 11 is 0. The van der Waals surface area contributed by atoms with E-state index in [1.165, 1.54) is 24.3 Å². The number of rotatable bonds is 8. The van der Waals surface area contributed by atoms with Crippen LogP contribution < -0.4 is 5.32 Å². The summed E-state index contributed by atoms with van der Waals surface area (Å²) in [5.41, 5.74) is 5.06. The second-order valence-electron chi connectivity index (χ2n) is 9.12. The van der Waals surface area contributed by atoms with Gasteiger partial charge in [0.05, 0.1) is 41.1 Å². The number of nitro groups is 1. The van der Waals surface area contributed by atoms with E-state index in [9.17, 15) is 14.9 Å². The molecule has 2 aromatic carbocycles. The average Bonchev–Trinajstić information content (AvgIpc) is 3.23. The number of nitrogens with zero attached hydrogens (tertiary/aromatic N) is 3. The number of carbonyl (C=O) groups excluding carboxylic acids is 1. The second-order valence-corrected chi connectivity index (χ2v) is 9.12. The van der Waals surface area contributed by atoms with E-state index < -0.39 is 29.1 Å². The average molecular weight is 517 g/mol. The molecule has 0 aliphatic carbocycles.